The molecule has 1 heterocycles. The molecule has 2 rings (SSSR count). The fraction of sp³-hybridized carbons (Fsp3) is 0.357. The lowest BCUT2D eigenvalue weighted by atomic mass is 10.1. The van der Waals surface area contributed by atoms with Gasteiger partial charge in [-0.15, -0.1) is 0 Å². The van der Waals surface area contributed by atoms with Crippen molar-refractivity contribution < 1.29 is 19.1 Å². The average Bonchev–Trinajstić information content (AvgIpc) is 2.64. The van der Waals surface area contributed by atoms with Crippen LogP contribution in [0.15, 0.2) is 18.2 Å². The number of rotatable bonds is 5. The Morgan fingerprint density at radius 2 is 2.00 bits per heavy atom. The van der Waals surface area contributed by atoms with Crippen molar-refractivity contribution in [2.24, 2.45) is 0 Å². The van der Waals surface area contributed by atoms with Gasteiger partial charge in [0.25, 0.3) is 0 Å². The molecule has 0 spiro atoms. The third kappa shape index (κ3) is 2.79. The van der Waals surface area contributed by atoms with Crippen molar-refractivity contribution in [3.8, 4) is 5.75 Å². The van der Waals surface area contributed by atoms with E-state index >= 15 is 0 Å². The zero-order chi connectivity index (χ0) is 14.7. The third-order valence-electron chi connectivity index (χ3n) is 2.95. The van der Waals surface area contributed by atoms with Crippen LogP contribution in [0.25, 0.3) is 0 Å². The largest absolute Gasteiger partial charge is 0.493 e. The van der Waals surface area contributed by atoms with Crippen LogP contribution in [0.1, 0.15) is 24.5 Å². The lowest BCUT2D eigenvalue weighted by Crippen LogP contribution is -2.30. The molecule has 0 aromatic heterocycles. The molecule has 0 bridgehead atoms. The monoisotopic (exact) mass is 276 g/mol. The van der Waals surface area contributed by atoms with Gasteiger partial charge in [-0.25, -0.2) is 4.79 Å². The molecule has 1 aromatic rings. The van der Waals surface area contributed by atoms with E-state index in [1.165, 1.54) is 0 Å². The van der Waals surface area contributed by atoms with E-state index in [4.69, 9.17) is 4.74 Å². The smallest absolute Gasteiger partial charge is 0.331 e. The zero-order valence-corrected chi connectivity index (χ0v) is 11.4. The number of urea groups is 1. The van der Waals surface area contributed by atoms with E-state index < -0.39 is 17.8 Å². The van der Waals surface area contributed by atoms with Crippen LogP contribution in [0.4, 0.5) is 4.79 Å². The number of carbonyl (C=O) groups is 3. The van der Waals surface area contributed by atoms with Gasteiger partial charge in [0, 0.05) is 0 Å². The molecule has 1 aliphatic heterocycles. The summed E-state index contributed by atoms with van der Waals surface area (Å²) in [5, 5.41) is 1.96. The van der Waals surface area contributed by atoms with Gasteiger partial charge in [0.15, 0.2) is 0 Å². The molecule has 0 saturated carbocycles. The second kappa shape index (κ2) is 5.73. The summed E-state index contributed by atoms with van der Waals surface area (Å²) < 4.78 is 5.56. The number of hydrogen-bond acceptors (Lipinski definition) is 4. The van der Waals surface area contributed by atoms with E-state index in [0.717, 1.165) is 28.2 Å². The van der Waals surface area contributed by atoms with Gasteiger partial charge in [-0.2, -0.15) is 0 Å². The van der Waals surface area contributed by atoms with Gasteiger partial charge in [0.05, 0.1) is 13.2 Å². The normalized spacial score (nSPS) is 14.7. The van der Waals surface area contributed by atoms with Crippen LogP contribution in [-0.4, -0.2) is 29.4 Å². The van der Waals surface area contributed by atoms with Crippen LogP contribution >= 0.6 is 0 Å². The molecule has 1 aromatic carbocycles. The number of amides is 4. The molecule has 0 unspecified atom stereocenters. The Morgan fingerprint density at radius 3 is 2.55 bits per heavy atom. The topological polar surface area (TPSA) is 75.7 Å². The Balaban J connectivity index is 2.11. The molecular weight excluding hydrogens is 260 g/mol. The van der Waals surface area contributed by atoms with Crippen LogP contribution in [-0.2, 0) is 16.1 Å². The summed E-state index contributed by atoms with van der Waals surface area (Å²) in [6.07, 6.45) is 0.922. The Labute approximate surface area is 116 Å². The molecule has 1 saturated heterocycles. The number of nitrogens with zero attached hydrogens (tertiary/aromatic N) is 1. The number of hydrogen-bond donors (Lipinski definition) is 1. The fourth-order valence-electron chi connectivity index (χ4n) is 1.94. The minimum atomic E-state index is -0.880. The molecule has 0 atom stereocenters. The molecule has 6 nitrogen and oxygen atoms in total. The first-order valence-corrected chi connectivity index (χ1v) is 6.42. The van der Waals surface area contributed by atoms with Gasteiger partial charge in [0.2, 0.25) is 0 Å². The molecule has 106 valence electrons. The van der Waals surface area contributed by atoms with Crippen LogP contribution in [0.2, 0.25) is 0 Å². The summed E-state index contributed by atoms with van der Waals surface area (Å²) in [7, 11) is 0. The van der Waals surface area contributed by atoms with Gasteiger partial charge in [-0.3, -0.25) is 19.8 Å². The number of nitrogens with one attached hydrogen (secondary N) is 1. The molecule has 0 radical (unpaired) electrons. The summed E-state index contributed by atoms with van der Waals surface area (Å²) in [6, 6.07) is 4.75. The van der Waals surface area contributed by atoms with Crippen molar-refractivity contribution in [3.05, 3.63) is 29.3 Å². The highest BCUT2D eigenvalue weighted by atomic mass is 16.5. The van der Waals surface area contributed by atoms with Gasteiger partial charge in [-0.1, -0.05) is 19.1 Å². The van der Waals surface area contributed by atoms with E-state index in [-0.39, 0.29) is 6.54 Å². The fourth-order valence-corrected chi connectivity index (χ4v) is 1.94. The van der Waals surface area contributed by atoms with Crippen molar-refractivity contribution in [1.82, 2.24) is 10.2 Å². The maximum atomic E-state index is 11.5. The predicted molar refractivity (Wildman–Crippen MR) is 71.1 cm³/mol. The standard InChI is InChI=1S/C14H16N2O4/c1-3-6-20-11-5-4-10(7-9(11)2)8-16-13(18)12(17)15-14(16)19/h4-5,7H,3,6,8H2,1-2H3,(H,15,17,19). The molecule has 20 heavy (non-hydrogen) atoms. The number of ether oxygens (including phenoxy) is 1. The van der Waals surface area contributed by atoms with Crippen molar-refractivity contribution in [2.45, 2.75) is 26.8 Å². The van der Waals surface area contributed by atoms with Crippen molar-refractivity contribution in [1.29, 1.82) is 0 Å². The Kier molecular flexibility index (Phi) is 4.02. The summed E-state index contributed by atoms with van der Waals surface area (Å²) in [6.45, 7) is 4.64. The van der Waals surface area contributed by atoms with Gasteiger partial charge in [-0.05, 0) is 30.5 Å². The third-order valence-corrected chi connectivity index (χ3v) is 2.95. The summed E-state index contributed by atoms with van der Waals surface area (Å²) in [4.78, 5) is 34.9. The highest BCUT2D eigenvalue weighted by molar-refractivity contribution is 6.44. The van der Waals surface area contributed by atoms with Crippen LogP contribution in [0.3, 0.4) is 0 Å². The molecule has 1 aliphatic rings. The number of aryl methyl sites for hydroxylation is 1. The maximum Gasteiger partial charge on any atom is 0.331 e. The molecule has 6 heteroatoms. The zero-order valence-electron chi connectivity index (χ0n) is 11.4. The highest BCUT2D eigenvalue weighted by Gasteiger charge is 2.36. The predicted octanol–water partition coefficient (Wildman–Crippen LogP) is 1.36. The molecule has 1 fully saturated rings. The van der Waals surface area contributed by atoms with E-state index in [1.54, 1.807) is 12.1 Å². The molecular formula is C14H16N2O4. The van der Waals surface area contributed by atoms with Gasteiger partial charge < -0.3 is 4.74 Å². The van der Waals surface area contributed by atoms with Crippen LogP contribution in [0, 0.1) is 6.92 Å². The lowest BCUT2D eigenvalue weighted by Gasteiger charge is -2.13. The van der Waals surface area contributed by atoms with Gasteiger partial charge >= 0.3 is 17.8 Å². The van der Waals surface area contributed by atoms with Crippen molar-refractivity contribution in [2.75, 3.05) is 6.61 Å². The van der Waals surface area contributed by atoms with E-state index in [2.05, 4.69) is 0 Å². The molecule has 1 N–H and O–H groups in total. The first-order valence-electron chi connectivity index (χ1n) is 6.42. The molecule has 0 aliphatic carbocycles. The SMILES string of the molecule is CCCOc1ccc(CN2C(=O)NC(=O)C2=O)cc1C. The summed E-state index contributed by atoms with van der Waals surface area (Å²) in [5.74, 6) is -0.919. The summed E-state index contributed by atoms with van der Waals surface area (Å²) in [5.41, 5.74) is 1.69. The maximum absolute atomic E-state index is 11.5. The Morgan fingerprint density at radius 1 is 1.25 bits per heavy atom. The quantitative estimate of drug-likeness (QED) is 0.651. The second-order valence-corrected chi connectivity index (χ2v) is 4.60. The molecule has 4 amide bonds. The lowest BCUT2D eigenvalue weighted by molar-refractivity contribution is -0.140. The van der Waals surface area contributed by atoms with Crippen molar-refractivity contribution in [3.63, 3.8) is 0 Å². The van der Waals surface area contributed by atoms with E-state index in [0.29, 0.717) is 6.61 Å². The Bertz CT molecular complexity index is 568. The van der Waals surface area contributed by atoms with Crippen LogP contribution < -0.4 is 10.1 Å². The van der Waals surface area contributed by atoms with E-state index in [1.807, 2.05) is 25.2 Å². The first-order chi connectivity index (χ1) is 9.52. The summed E-state index contributed by atoms with van der Waals surface area (Å²) >= 11 is 0. The second-order valence-electron chi connectivity index (χ2n) is 4.60. The minimum absolute atomic E-state index is 0.0747. The van der Waals surface area contributed by atoms with E-state index in [9.17, 15) is 14.4 Å². The highest BCUT2D eigenvalue weighted by Crippen LogP contribution is 2.20. The van der Waals surface area contributed by atoms with Crippen LogP contribution in [0.5, 0.6) is 5.75 Å². The number of benzene rings is 1. The number of carbonyl (C=O) groups excluding carboxylic acids is 3. The minimum Gasteiger partial charge on any atom is -0.493 e. The van der Waals surface area contributed by atoms with Gasteiger partial charge in [0.1, 0.15) is 5.75 Å². The Hall–Kier alpha value is -2.37. The first kappa shape index (κ1) is 14.0. The van der Waals surface area contributed by atoms with Crippen molar-refractivity contribution >= 4 is 17.8 Å². The average molecular weight is 276 g/mol. The number of imide groups is 2.